The second-order valence-corrected chi connectivity index (χ2v) is 9.18. The predicted molar refractivity (Wildman–Crippen MR) is 102 cm³/mol. The summed E-state index contributed by atoms with van der Waals surface area (Å²) in [6.07, 6.45) is 5.23. The van der Waals surface area contributed by atoms with Gasteiger partial charge in [-0.05, 0) is 55.9 Å². The average molecular weight is 397 g/mol. The summed E-state index contributed by atoms with van der Waals surface area (Å²) in [5.74, 6) is 0.854. The Labute approximate surface area is 161 Å². The molecule has 0 aromatic heterocycles. The quantitative estimate of drug-likeness (QED) is 0.757. The summed E-state index contributed by atoms with van der Waals surface area (Å²) in [7, 11) is -3.21. The normalized spacial score (nSPS) is 23.4. The van der Waals surface area contributed by atoms with Gasteiger partial charge in [-0.3, -0.25) is 4.79 Å². The van der Waals surface area contributed by atoms with E-state index in [-0.39, 0.29) is 17.9 Å². The van der Waals surface area contributed by atoms with Gasteiger partial charge in [0.1, 0.15) is 12.4 Å². The van der Waals surface area contributed by atoms with Crippen LogP contribution in [-0.2, 0) is 14.8 Å². The van der Waals surface area contributed by atoms with E-state index in [1.165, 1.54) is 0 Å². The van der Waals surface area contributed by atoms with Crippen LogP contribution in [0.2, 0.25) is 0 Å². The van der Waals surface area contributed by atoms with Gasteiger partial charge in [0, 0.05) is 31.8 Å². The number of piperidine rings is 1. The molecule has 3 rings (SSSR count). The molecule has 2 aliphatic rings. The largest absolute Gasteiger partial charge is 0.491 e. The van der Waals surface area contributed by atoms with Gasteiger partial charge in [0.2, 0.25) is 10.0 Å². The number of amides is 1. The van der Waals surface area contributed by atoms with Crippen LogP contribution < -0.4 is 9.46 Å². The van der Waals surface area contributed by atoms with Gasteiger partial charge in [0.15, 0.2) is 0 Å². The number of sulfonamides is 1. The lowest BCUT2D eigenvalue weighted by Crippen LogP contribution is -2.43. The zero-order valence-corrected chi connectivity index (χ0v) is 16.5. The van der Waals surface area contributed by atoms with Crippen LogP contribution in [0.4, 0.5) is 0 Å². The number of nitrogens with zero attached hydrogens (tertiary/aromatic N) is 1. The molecular formula is C19H28N2O5S. The monoisotopic (exact) mass is 396 g/mol. The van der Waals surface area contributed by atoms with E-state index in [2.05, 4.69) is 4.72 Å². The number of ether oxygens (including phenoxy) is 2. The van der Waals surface area contributed by atoms with Gasteiger partial charge in [-0.25, -0.2) is 13.1 Å². The molecule has 2 atom stereocenters. The summed E-state index contributed by atoms with van der Waals surface area (Å²) in [4.78, 5) is 14.6. The van der Waals surface area contributed by atoms with E-state index in [4.69, 9.17) is 9.47 Å². The van der Waals surface area contributed by atoms with E-state index in [1.54, 1.807) is 17.0 Å². The molecule has 0 spiro atoms. The lowest BCUT2D eigenvalue weighted by atomic mass is 9.97. The highest BCUT2D eigenvalue weighted by Crippen LogP contribution is 2.21. The maximum Gasteiger partial charge on any atom is 0.253 e. The first-order valence-electron chi connectivity index (χ1n) is 9.49. The Balaban J connectivity index is 1.51. The standard InChI is InChI=1S/C19H28N2O5S/c1-27(23,24)20-12-15-4-2-10-21(13-15)19(22)16-6-8-17(9-7-16)26-14-18-5-3-11-25-18/h6-9,15,18,20H,2-5,10-14H2,1H3/t15-,18-/m1/s1. The first kappa shape index (κ1) is 20.1. The van der Waals surface area contributed by atoms with E-state index in [9.17, 15) is 13.2 Å². The average Bonchev–Trinajstić information content (AvgIpc) is 3.18. The zero-order chi connectivity index (χ0) is 19.3. The smallest absolute Gasteiger partial charge is 0.253 e. The SMILES string of the molecule is CS(=O)(=O)NC[C@H]1CCCN(C(=O)c2ccc(OC[C@H]3CCCO3)cc2)C1. The van der Waals surface area contributed by atoms with Crippen molar-refractivity contribution in [1.29, 1.82) is 0 Å². The van der Waals surface area contributed by atoms with Crippen molar-refractivity contribution in [2.24, 2.45) is 5.92 Å². The Morgan fingerprint density at radius 2 is 2.04 bits per heavy atom. The van der Waals surface area contributed by atoms with Crippen molar-refractivity contribution in [2.75, 3.05) is 39.1 Å². The number of hydrogen-bond donors (Lipinski definition) is 1. The van der Waals surface area contributed by atoms with Crippen LogP contribution in [0.15, 0.2) is 24.3 Å². The molecule has 27 heavy (non-hydrogen) atoms. The second-order valence-electron chi connectivity index (χ2n) is 7.35. The number of rotatable bonds is 7. The minimum atomic E-state index is -3.21. The molecule has 1 aromatic carbocycles. The molecule has 2 heterocycles. The molecule has 1 amide bonds. The number of nitrogens with one attached hydrogen (secondary N) is 1. The third-order valence-electron chi connectivity index (χ3n) is 5.00. The Morgan fingerprint density at radius 1 is 1.26 bits per heavy atom. The lowest BCUT2D eigenvalue weighted by molar-refractivity contribution is 0.0669. The van der Waals surface area contributed by atoms with Crippen LogP contribution in [0.1, 0.15) is 36.0 Å². The fraction of sp³-hybridized carbons (Fsp3) is 0.632. The fourth-order valence-electron chi connectivity index (χ4n) is 3.53. The molecular weight excluding hydrogens is 368 g/mol. The van der Waals surface area contributed by atoms with Crippen LogP contribution in [0, 0.1) is 5.92 Å². The van der Waals surface area contributed by atoms with E-state index < -0.39 is 10.0 Å². The molecule has 2 fully saturated rings. The van der Waals surface area contributed by atoms with Crippen molar-refractivity contribution in [3.8, 4) is 5.75 Å². The molecule has 1 N–H and O–H groups in total. The van der Waals surface area contributed by atoms with Gasteiger partial charge in [-0.15, -0.1) is 0 Å². The van der Waals surface area contributed by atoms with Crippen molar-refractivity contribution in [3.63, 3.8) is 0 Å². The topological polar surface area (TPSA) is 84.9 Å². The van der Waals surface area contributed by atoms with Gasteiger partial charge in [0.05, 0.1) is 12.4 Å². The number of carbonyl (C=O) groups is 1. The van der Waals surface area contributed by atoms with Crippen molar-refractivity contribution < 1.29 is 22.7 Å². The van der Waals surface area contributed by atoms with Crippen LogP contribution in [0.25, 0.3) is 0 Å². The predicted octanol–water partition coefficient (Wildman–Crippen LogP) is 1.65. The molecule has 0 bridgehead atoms. The zero-order valence-electron chi connectivity index (χ0n) is 15.7. The van der Waals surface area contributed by atoms with Crippen LogP contribution >= 0.6 is 0 Å². The number of benzene rings is 1. The van der Waals surface area contributed by atoms with E-state index in [1.807, 2.05) is 12.1 Å². The minimum Gasteiger partial charge on any atom is -0.491 e. The molecule has 150 valence electrons. The first-order chi connectivity index (χ1) is 12.9. The summed E-state index contributed by atoms with van der Waals surface area (Å²) in [5, 5.41) is 0. The summed E-state index contributed by atoms with van der Waals surface area (Å²) >= 11 is 0. The Morgan fingerprint density at radius 3 is 2.70 bits per heavy atom. The summed E-state index contributed by atoms with van der Waals surface area (Å²) in [6, 6.07) is 7.20. The van der Waals surface area contributed by atoms with Gasteiger partial charge in [-0.2, -0.15) is 0 Å². The summed E-state index contributed by atoms with van der Waals surface area (Å²) in [5.41, 5.74) is 0.621. The minimum absolute atomic E-state index is 0.0234. The van der Waals surface area contributed by atoms with Gasteiger partial charge < -0.3 is 14.4 Å². The number of likely N-dealkylation sites (tertiary alicyclic amines) is 1. The summed E-state index contributed by atoms with van der Waals surface area (Å²) in [6.45, 7) is 2.98. The van der Waals surface area contributed by atoms with Crippen molar-refractivity contribution in [1.82, 2.24) is 9.62 Å². The van der Waals surface area contributed by atoms with Crippen LogP contribution in [0.3, 0.4) is 0 Å². The Bertz CT molecular complexity index is 729. The van der Waals surface area contributed by atoms with Crippen LogP contribution in [0.5, 0.6) is 5.75 Å². The van der Waals surface area contributed by atoms with Crippen molar-refractivity contribution in [3.05, 3.63) is 29.8 Å². The highest BCUT2D eigenvalue weighted by molar-refractivity contribution is 7.88. The molecule has 1 aromatic rings. The maximum absolute atomic E-state index is 12.8. The molecule has 2 aliphatic heterocycles. The van der Waals surface area contributed by atoms with Crippen molar-refractivity contribution in [2.45, 2.75) is 31.8 Å². The molecule has 2 saturated heterocycles. The van der Waals surface area contributed by atoms with Gasteiger partial charge in [-0.1, -0.05) is 0 Å². The summed E-state index contributed by atoms with van der Waals surface area (Å²) < 4.78 is 36.4. The molecule has 0 radical (unpaired) electrons. The highest BCUT2D eigenvalue weighted by atomic mass is 32.2. The maximum atomic E-state index is 12.8. The Hall–Kier alpha value is -1.64. The van der Waals surface area contributed by atoms with Gasteiger partial charge in [0.25, 0.3) is 5.91 Å². The highest BCUT2D eigenvalue weighted by Gasteiger charge is 2.25. The second kappa shape index (κ2) is 9.03. The molecule has 0 saturated carbocycles. The number of carbonyl (C=O) groups excluding carboxylic acids is 1. The fourth-order valence-corrected chi connectivity index (χ4v) is 4.07. The lowest BCUT2D eigenvalue weighted by Gasteiger charge is -2.32. The Kier molecular flexibility index (Phi) is 6.73. The van der Waals surface area contributed by atoms with Crippen molar-refractivity contribution >= 4 is 15.9 Å². The van der Waals surface area contributed by atoms with Crippen LogP contribution in [-0.4, -0.2) is 64.4 Å². The first-order valence-corrected chi connectivity index (χ1v) is 11.4. The third kappa shape index (κ3) is 6.19. The number of hydrogen-bond acceptors (Lipinski definition) is 5. The van der Waals surface area contributed by atoms with Gasteiger partial charge >= 0.3 is 0 Å². The molecule has 7 nitrogen and oxygen atoms in total. The van der Waals surface area contributed by atoms with E-state index in [0.717, 1.165) is 44.3 Å². The molecule has 0 unspecified atom stereocenters. The molecule has 8 heteroatoms. The molecule has 0 aliphatic carbocycles. The van der Waals surface area contributed by atoms with E-state index >= 15 is 0 Å². The van der Waals surface area contributed by atoms with E-state index in [0.29, 0.717) is 31.8 Å². The third-order valence-corrected chi connectivity index (χ3v) is 5.69.